The molecule has 0 saturated heterocycles. The van der Waals surface area contributed by atoms with Crippen molar-refractivity contribution in [3.63, 3.8) is 0 Å². The molecule has 0 radical (unpaired) electrons. The lowest BCUT2D eigenvalue weighted by Gasteiger charge is -2.11. The van der Waals surface area contributed by atoms with E-state index in [1.807, 2.05) is 24.3 Å². The lowest BCUT2D eigenvalue weighted by Crippen LogP contribution is -2.04. The third-order valence-corrected chi connectivity index (χ3v) is 3.64. The second-order valence-electron chi connectivity index (χ2n) is 5.27. The standard InChI is InChI=1S/C17H14O6/c1-10(18)23-14-7-17-16(21-9-22-17)6-12(14)4-11-2-3-13-15(5-11)20-8-19-13/h2-3,5-7H,4,8-9H2,1H3. The van der Waals surface area contributed by atoms with Gasteiger partial charge >= 0.3 is 5.97 Å². The largest absolute Gasteiger partial charge is 0.454 e. The van der Waals surface area contributed by atoms with Gasteiger partial charge in [0.15, 0.2) is 23.0 Å². The maximum atomic E-state index is 11.3. The van der Waals surface area contributed by atoms with Crippen molar-refractivity contribution in [2.75, 3.05) is 13.6 Å². The summed E-state index contributed by atoms with van der Waals surface area (Å²) >= 11 is 0. The summed E-state index contributed by atoms with van der Waals surface area (Å²) in [7, 11) is 0. The SMILES string of the molecule is CC(=O)Oc1cc2c(cc1Cc1ccc3c(c1)OCO3)OCO2. The Labute approximate surface area is 132 Å². The minimum absolute atomic E-state index is 0.169. The number of rotatable bonds is 3. The summed E-state index contributed by atoms with van der Waals surface area (Å²) in [4.78, 5) is 11.3. The van der Waals surface area contributed by atoms with Gasteiger partial charge in [-0.25, -0.2) is 0 Å². The van der Waals surface area contributed by atoms with E-state index in [0.717, 1.165) is 22.6 Å². The summed E-state index contributed by atoms with van der Waals surface area (Å²) in [5, 5.41) is 0. The molecule has 2 aliphatic rings. The number of ether oxygens (including phenoxy) is 5. The van der Waals surface area contributed by atoms with E-state index in [1.165, 1.54) is 6.92 Å². The molecule has 0 fully saturated rings. The number of carbonyl (C=O) groups is 1. The Morgan fingerprint density at radius 2 is 1.61 bits per heavy atom. The Morgan fingerprint density at radius 1 is 0.957 bits per heavy atom. The van der Waals surface area contributed by atoms with Crippen LogP contribution in [0.3, 0.4) is 0 Å². The topological polar surface area (TPSA) is 63.2 Å². The van der Waals surface area contributed by atoms with E-state index in [9.17, 15) is 4.79 Å². The molecule has 0 spiro atoms. The molecule has 0 saturated carbocycles. The molecule has 2 heterocycles. The normalized spacial score (nSPS) is 14.0. The van der Waals surface area contributed by atoms with Gasteiger partial charge in [0.1, 0.15) is 5.75 Å². The smallest absolute Gasteiger partial charge is 0.308 e. The van der Waals surface area contributed by atoms with E-state index >= 15 is 0 Å². The van der Waals surface area contributed by atoms with Crippen LogP contribution in [0.2, 0.25) is 0 Å². The maximum absolute atomic E-state index is 11.3. The summed E-state index contributed by atoms with van der Waals surface area (Å²) < 4.78 is 26.8. The van der Waals surface area contributed by atoms with Crippen LogP contribution in [0.4, 0.5) is 0 Å². The van der Waals surface area contributed by atoms with Gasteiger partial charge in [0.05, 0.1) is 0 Å². The zero-order chi connectivity index (χ0) is 15.8. The number of hydrogen-bond acceptors (Lipinski definition) is 6. The fourth-order valence-corrected chi connectivity index (χ4v) is 2.62. The Morgan fingerprint density at radius 3 is 2.35 bits per heavy atom. The summed E-state index contributed by atoms with van der Waals surface area (Å²) in [5.74, 6) is 2.78. The molecule has 0 atom stereocenters. The van der Waals surface area contributed by atoms with Crippen molar-refractivity contribution in [1.29, 1.82) is 0 Å². The second-order valence-corrected chi connectivity index (χ2v) is 5.27. The third kappa shape index (κ3) is 2.63. The van der Waals surface area contributed by atoms with Crippen LogP contribution >= 0.6 is 0 Å². The highest BCUT2D eigenvalue weighted by atomic mass is 16.7. The van der Waals surface area contributed by atoms with Gasteiger partial charge in [-0.15, -0.1) is 0 Å². The Kier molecular flexibility index (Phi) is 3.22. The van der Waals surface area contributed by atoms with Crippen molar-refractivity contribution in [1.82, 2.24) is 0 Å². The minimum Gasteiger partial charge on any atom is -0.454 e. The van der Waals surface area contributed by atoms with Crippen LogP contribution in [-0.2, 0) is 11.2 Å². The van der Waals surface area contributed by atoms with Crippen molar-refractivity contribution in [3.05, 3.63) is 41.5 Å². The predicted molar refractivity (Wildman–Crippen MR) is 79.2 cm³/mol. The first-order chi connectivity index (χ1) is 11.2. The fourth-order valence-electron chi connectivity index (χ4n) is 2.62. The molecular weight excluding hydrogens is 300 g/mol. The maximum Gasteiger partial charge on any atom is 0.308 e. The molecule has 2 aromatic rings. The highest BCUT2D eigenvalue weighted by molar-refractivity contribution is 5.70. The molecule has 6 nitrogen and oxygen atoms in total. The van der Waals surface area contributed by atoms with E-state index in [-0.39, 0.29) is 19.6 Å². The van der Waals surface area contributed by atoms with Crippen LogP contribution in [0.15, 0.2) is 30.3 Å². The summed E-state index contributed by atoms with van der Waals surface area (Å²) in [6.07, 6.45) is 0.565. The first kappa shape index (κ1) is 13.8. The van der Waals surface area contributed by atoms with Crippen LogP contribution in [0.25, 0.3) is 0 Å². The molecule has 0 aromatic heterocycles. The monoisotopic (exact) mass is 314 g/mol. The van der Waals surface area contributed by atoms with Gasteiger partial charge in [0.25, 0.3) is 0 Å². The van der Waals surface area contributed by atoms with Gasteiger partial charge in [-0.1, -0.05) is 6.07 Å². The summed E-state index contributed by atoms with van der Waals surface area (Å²) in [5.41, 5.74) is 1.85. The van der Waals surface area contributed by atoms with Crippen molar-refractivity contribution in [2.45, 2.75) is 13.3 Å². The van der Waals surface area contributed by atoms with Crippen molar-refractivity contribution in [3.8, 4) is 28.7 Å². The number of carbonyl (C=O) groups excluding carboxylic acids is 1. The van der Waals surface area contributed by atoms with Crippen LogP contribution in [-0.4, -0.2) is 19.6 Å². The average molecular weight is 314 g/mol. The van der Waals surface area contributed by atoms with Gasteiger partial charge in [-0.2, -0.15) is 0 Å². The van der Waals surface area contributed by atoms with Crippen molar-refractivity contribution < 1.29 is 28.5 Å². The van der Waals surface area contributed by atoms with E-state index in [0.29, 0.717) is 23.7 Å². The quantitative estimate of drug-likeness (QED) is 0.641. The van der Waals surface area contributed by atoms with Crippen LogP contribution in [0.5, 0.6) is 28.7 Å². The molecule has 6 heteroatoms. The summed E-state index contributed by atoms with van der Waals surface area (Å²) in [6, 6.07) is 9.27. The first-order valence-corrected chi connectivity index (χ1v) is 7.18. The van der Waals surface area contributed by atoms with Crippen molar-refractivity contribution in [2.24, 2.45) is 0 Å². The zero-order valence-electron chi connectivity index (χ0n) is 12.5. The van der Waals surface area contributed by atoms with Crippen LogP contribution < -0.4 is 23.7 Å². The van der Waals surface area contributed by atoms with Gasteiger partial charge in [0.2, 0.25) is 13.6 Å². The van der Waals surface area contributed by atoms with E-state index in [1.54, 1.807) is 6.07 Å². The second kappa shape index (κ2) is 5.39. The lowest BCUT2D eigenvalue weighted by molar-refractivity contribution is -0.131. The molecule has 0 amide bonds. The molecule has 0 N–H and O–H groups in total. The van der Waals surface area contributed by atoms with E-state index < -0.39 is 0 Å². The van der Waals surface area contributed by atoms with Crippen LogP contribution in [0, 0.1) is 0 Å². The Bertz CT molecular complexity index is 783. The molecule has 0 aliphatic carbocycles. The molecule has 2 aromatic carbocycles. The lowest BCUT2D eigenvalue weighted by atomic mass is 10.0. The molecule has 4 rings (SSSR count). The molecule has 118 valence electrons. The minimum atomic E-state index is -0.379. The third-order valence-electron chi connectivity index (χ3n) is 3.64. The average Bonchev–Trinajstić information content (AvgIpc) is 3.14. The number of fused-ring (bicyclic) bond motifs is 2. The number of benzene rings is 2. The highest BCUT2D eigenvalue weighted by Crippen LogP contribution is 2.40. The molecule has 2 aliphatic heterocycles. The van der Waals surface area contributed by atoms with Crippen LogP contribution in [0.1, 0.15) is 18.1 Å². The number of hydrogen-bond donors (Lipinski definition) is 0. The van der Waals surface area contributed by atoms with Gasteiger partial charge in [-0.05, 0) is 23.8 Å². The zero-order valence-corrected chi connectivity index (χ0v) is 12.5. The first-order valence-electron chi connectivity index (χ1n) is 7.18. The molecule has 0 bridgehead atoms. The highest BCUT2D eigenvalue weighted by Gasteiger charge is 2.20. The number of esters is 1. The summed E-state index contributed by atoms with van der Waals surface area (Å²) in [6.45, 7) is 1.78. The molecule has 23 heavy (non-hydrogen) atoms. The van der Waals surface area contributed by atoms with Gasteiger partial charge in [-0.3, -0.25) is 4.79 Å². The molecule has 0 unspecified atom stereocenters. The van der Waals surface area contributed by atoms with Crippen molar-refractivity contribution >= 4 is 5.97 Å². The van der Waals surface area contributed by atoms with E-state index in [4.69, 9.17) is 23.7 Å². The molecular formula is C17H14O6. The Hall–Kier alpha value is -2.89. The fraction of sp³-hybridized carbons (Fsp3) is 0.235. The van der Waals surface area contributed by atoms with Gasteiger partial charge in [0, 0.05) is 25.0 Å². The Balaban J connectivity index is 1.68. The van der Waals surface area contributed by atoms with E-state index in [2.05, 4.69) is 0 Å². The van der Waals surface area contributed by atoms with Gasteiger partial charge < -0.3 is 23.7 Å². The predicted octanol–water partition coefficient (Wildman–Crippen LogP) is 2.66.